The molecule has 0 unspecified atom stereocenters. The van der Waals surface area contributed by atoms with Crippen molar-refractivity contribution < 1.29 is 41.7 Å². The predicted molar refractivity (Wildman–Crippen MR) is 56.8 cm³/mol. The number of rotatable bonds is 3. The van der Waals surface area contributed by atoms with Crippen molar-refractivity contribution in [1.29, 1.82) is 0 Å². The van der Waals surface area contributed by atoms with Gasteiger partial charge in [0.2, 0.25) is 5.78 Å². The average molecular weight is 308 g/mol. The van der Waals surface area contributed by atoms with Crippen LogP contribution in [0.5, 0.6) is 0 Å². The molecule has 1 aliphatic rings. The van der Waals surface area contributed by atoms with E-state index >= 15 is 0 Å². The maximum atomic E-state index is 11.4. The van der Waals surface area contributed by atoms with Crippen molar-refractivity contribution in [1.82, 2.24) is 0 Å². The standard InChI is InChI=1S/C10H7NO5S.Fe/c12-9-4-1-6-5-7(17-16-15-14)2-3-8(6)10(9)11-13;/h1-5,13-14H;/p-1/b11-10-;. The maximum absolute atomic E-state index is 11.4. The average Bonchev–Trinajstić information content (AvgIpc) is 2.36. The Balaban J connectivity index is 0.00000162. The summed E-state index contributed by atoms with van der Waals surface area (Å²) in [5, 5.41) is 24.6. The summed E-state index contributed by atoms with van der Waals surface area (Å²) in [7, 11) is 0. The Labute approximate surface area is 117 Å². The fraction of sp³-hybridized carbons (Fsp3) is 0. The van der Waals surface area contributed by atoms with Gasteiger partial charge in [0.1, 0.15) is 0 Å². The van der Waals surface area contributed by atoms with Crippen LogP contribution >= 0.6 is 12.0 Å². The van der Waals surface area contributed by atoms with E-state index in [-0.39, 0.29) is 28.6 Å². The molecule has 0 heterocycles. The number of carbonyl (C=O) groups excluding carboxylic acids is 1. The number of nitrogens with zero attached hydrogens (tertiary/aromatic N) is 1. The fourth-order valence-electron chi connectivity index (χ4n) is 1.48. The van der Waals surface area contributed by atoms with Gasteiger partial charge in [0.05, 0.1) is 12.0 Å². The van der Waals surface area contributed by atoms with Crippen LogP contribution in [-0.4, -0.2) is 16.7 Å². The quantitative estimate of drug-likeness (QED) is 0.290. The third-order valence-corrected chi connectivity index (χ3v) is 2.75. The molecular formula is C10H6FeNO5S-. The Morgan fingerprint density at radius 2 is 2.11 bits per heavy atom. The van der Waals surface area contributed by atoms with E-state index in [9.17, 15) is 10.1 Å². The van der Waals surface area contributed by atoms with Gasteiger partial charge < -0.3 is 10.5 Å². The summed E-state index contributed by atoms with van der Waals surface area (Å²) in [4.78, 5) is 12.0. The Bertz CT molecular complexity index is 517. The van der Waals surface area contributed by atoms with E-state index < -0.39 is 0 Å². The Morgan fingerprint density at radius 3 is 2.78 bits per heavy atom. The molecule has 8 heteroatoms. The molecule has 0 radical (unpaired) electrons. The van der Waals surface area contributed by atoms with E-state index in [0.29, 0.717) is 16.0 Å². The number of carbonyl (C=O) groups is 1. The molecule has 1 aliphatic carbocycles. The first-order chi connectivity index (χ1) is 8.26. The van der Waals surface area contributed by atoms with Gasteiger partial charge in [-0.25, -0.2) is 0 Å². The van der Waals surface area contributed by atoms with Crippen molar-refractivity contribution in [2.24, 2.45) is 5.16 Å². The molecule has 0 fully saturated rings. The maximum Gasteiger partial charge on any atom is 0.208 e. The molecule has 0 saturated carbocycles. The van der Waals surface area contributed by atoms with Crippen LogP contribution in [0, 0.1) is 0 Å². The van der Waals surface area contributed by atoms with Crippen molar-refractivity contribution in [2.45, 2.75) is 4.90 Å². The van der Waals surface area contributed by atoms with Gasteiger partial charge in [-0.05, 0) is 23.8 Å². The van der Waals surface area contributed by atoms with Crippen LogP contribution in [0.15, 0.2) is 34.3 Å². The minimum absolute atomic E-state index is 0. The third kappa shape index (κ3) is 2.99. The summed E-state index contributed by atoms with van der Waals surface area (Å²) < 4.78 is 4.18. The molecule has 0 atom stereocenters. The van der Waals surface area contributed by atoms with Crippen molar-refractivity contribution in [3.8, 4) is 0 Å². The van der Waals surface area contributed by atoms with Gasteiger partial charge >= 0.3 is 0 Å². The SMILES string of the molecule is O=C1C=Cc2cc(SOO[O-])ccc2/C1=N/O.[Fe]. The monoisotopic (exact) mass is 308 g/mol. The number of ketones is 1. The van der Waals surface area contributed by atoms with Gasteiger partial charge in [0, 0.05) is 27.5 Å². The van der Waals surface area contributed by atoms with Crippen molar-refractivity contribution in [3.63, 3.8) is 0 Å². The third-order valence-electron chi connectivity index (χ3n) is 2.18. The first kappa shape index (κ1) is 14.9. The molecule has 0 aromatic heterocycles. The zero-order valence-corrected chi connectivity index (χ0v) is 10.6. The zero-order chi connectivity index (χ0) is 12.3. The van der Waals surface area contributed by atoms with Gasteiger partial charge in [-0.15, -0.1) is 0 Å². The molecule has 0 amide bonds. The first-order valence-electron chi connectivity index (χ1n) is 4.48. The van der Waals surface area contributed by atoms with Crippen LogP contribution < -0.4 is 5.26 Å². The minimum atomic E-state index is -0.362. The summed E-state index contributed by atoms with van der Waals surface area (Å²) in [5.41, 5.74) is 1.20. The van der Waals surface area contributed by atoms with E-state index in [4.69, 9.17) is 5.21 Å². The summed E-state index contributed by atoms with van der Waals surface area (Å²) in [6.07, 6.45) is 2.89. The van der Waals surface area contributed by atoms with E-state index in [1.807, 2.05) is 0 Å². The van der Waals surface area contributed by atoms with Gasteiger partial charge in [-0.1, -0.05) is 17.3 Å². The summed E-state index contributed by atoms with van der Waals surface area (Å²) in [6, 6.07) is 4.88. The number of allylic oxidation sites excluding steroid dienone is 1. The Hall–Kier alpha value is -1.15. The fourth-order valence-corrected chi connectivity index (χ4v) is 1.88. The first-order valence-corrected chi connectivity index (χ1v) is 5.22. The second-order valence-corrected chi connectivity index (χ2v) is 3.89. The van der Waals surface area contributed by atoms with Gasteiger partial charge in [0.25, 0.3) is 0 Å². The summed E-state index contributed by atoms with van der Waals surface area (Å²) in [6.45, 7) is 0. The Morgan fingerprint density at radius 1 is 1.33 bits per heavy atom. The van der Waals surface area contributed by atoms with Crippen LogP contribution in [0.1, 0.15) is 11.1 Å². The molecule has 0 bridgehead atoms. The topological polar surface area (TPSA) is 91.2 Å². The molecule has 1 aromatic rings. The molecule has 18 heavy (non-hydrogen) atoms. The van der Waals surface area contributed by atoms with Crippen LogP contribution in [0.4, 0.5) is 0 Å². The van der Waals surface area contributed by atoms with E-state index in [1.54, 1.807) is 24.3 Å². The predicted octanol–water partition coefficient (Wildman–Crippen LogP) is 0.689. The zero-order valence-electron chi connectivity index (χ0n) is 8.68. The molecule has 6 nitrogen and oxygen atoms in total. The Kier molecular flexibility index (Phi) is 5.54. The molecule has 0 spiro atoms. The molecule has 1 aromatic carbocycles. The van der Waals surface area contributed by atoms with E-state index in [0.717, 1.165) is 12.0 Å². The van der Waals surface area contributed by atoms with Crippen molar-refractivity contribution in [2.75, 3.05) is 0 Å². The van der Waals surface area contributed by atoms with E-state index in [2.05, 4.69) is 14.5 Å². The molecule has 0 saturated heterocycles. The molecule has 1 N–H and O–H groups in total. The largest absolute Gasteiger partial charge is 0.691 e. The normalized spacial score (nSPS) is 15.4. The van der Waals surface area contributed by atoms with Crippen molar-refractivity contribution in [3.05, 3.63) is 35.4 Å². The second-order valence-electron chi connectivity index (χ2n) is 3.11. The number of fused-ring (bicyclic) bond motifs is 1. The van der Waals surface area contributed by atoms with E-state index in [1.165, 1.54) is 6.08 Å². The number of hydrogen-bond donors (Lipinski definition) is 1. The van der Waals surface area contributed by atoms with Crippen molar-refractivity contribution >= 4 is 29.6 Å². The summed E-state index contributed by atoms with van der Waals surface area (Å²) in [5.74, 6) is -0.362. The van der Waals surface area contributed by atoms with Gasteiger partial charge in [0.15, 0.2) is 5.71 Å². The van der Waals surface area contributed by atoms with Crippen LogP contribution in [0.3, 0.4) is 0 Å². The number of oxime groups is 1. The minimum Gasteiger partial charge on any atom is -0.691 e. The number of benzene rings is 1. The van der Waals surface area contributed by atoms with Crippen LogP contribution in [-0.2, 0) is 31.2 Å². The molecule has 0 aliphatic heterocycles. The van der Waals surface area contributed by atoms with Gasteiger partial charge in [-0.2, -0.15) is 4.33 Å². The molecule has 96 valence electrons. The second kappa shape index (κ2) is 6.69. The smallest absolute Gasteiger partial charge is 0.208 e. The van der Waals surface area contributed by atoms with Gasteiger partial charge in [-0.3, -0.25) is 9.83 Å². The molecular weight excluding hydrogens is 302 g/mol. The molecule has 2 rings (SSSR count). The summed E-state index contributed by atoms with van der Waals surface area (Å²) >= 11 is 0.747. The van der Waals surface area contributed by atoms with Crippen LogP contribution in [0.25, 0.3) is 6.08 Å². The van der Waals surface area contributed by atoms with Crippen LogP contribution in [0.2, 0.25) is 0 Å². The number of hydrogen-bond acceptors (Lipinski definition) is 7.